The van der Waals surface area contributed by atoms with Gasteiger partial charge in [-0.05, 0) is 36.6 Å². The molecule has 1 nitrogen and oxygen atoms in total. The zero-order valence-electron chi connectivity index (χ0n) is 7.05. The van der Waals surface area contributed by atoms with E-state index in [1.165, 1.54) is 0 Å². The summed E-state index contributed by atoms with van der Waals surface area (Å²) in [4.78, 5) is 0. The second-order valence-corrected chi connectivity index (χ2v) is 4.24. The molecule has 13 heavy (non-hydrogen) atoms. The molecule has 0 atom stereocenters. The fourth-order valence-corrected chi connectivity index (χ4v) is 2.12. The lowest BCUT2D eigenvalue weighted by atomic mass is 9.97. The van der Waals surface area contributed by atoms with E-state index < -0.39 is 0 Å². The number of rotatable bonds is 1. The van der Waals surface area contributed by atoms with E-state index in [9.17, 15) is 5.11 Å². The summed E-state index contributed by atoms with van der Waals surface area (Å²) in [6, 6.07) is 5.24. The molecule has 1 aromatic carbocycles. The van der Waals surface area contributed by atoms with Gasteiger partial charge in [0.25, 0.3) is 0 Å². The Bertz CT molecular complexity index is 386. The number of phenolic OH excluding ortho intramolecular Hbond substituents is 1. The molecule has 0 aliphatic heterocycles. The van der Waals surface area contributed by atoms with Crippen molar-refractivity contribution in [3.8, 4) is 18.1 Å². The van der Waals surface area contributed by atoms with Crippen LogP contribution >= 0.6 is 15.9 Å². The summed E-state index contributed by atoms with van der Waals surface area (Å²) in [7, 11) is 0. The van der Waals surface area contributed by atoms with Gasteiger partial charge in [0.1, 0.15) is 5.75 Å². The van der Waals surface area contributed by atoms with Crippen LogP contribution in [-0.4, -0.2) is 5.11 Å². The first-order valence-corrected chi connectivity index (χ1v) is 4.94. The number of halogens is 1. The van der Waals surface area contributed by atoms with E-state index >= 15 is 0 Å². The lowest BCUT2D eigenvalue weighted by Crippen LogP contribution is -2.03. The molecule has 0 saturated heterocycles. The van der Waals surface area contributed by atoms with Crippen LogP contribution in [0.15, 0.2) is 22.7 Å². The highest BCUT2D eigenvalue weighted by Crippen LogP contribution is 2.50. The van der Waals surface area contributed by atoms with Crippen LogP contribution < -0.4 is 0 Å². The Kier molecular flexibility index (Phi) is 1.85. The van der Waals surface area contributed by atoms with Gasteiger partial charge in [0.15, 0.2) is 0 Å². The molecule has 0 aromatic heterocycles. The van der Waals surface area contributed by atoms with Gasteiger partial charge in [0, 0.05) is 4.47 Å². The summed E-state index contributed by atoms with van der Waals surface area (Å²) >= 11 is 3.44. The Morgan fingerprint density at radius 2 is 2.15 bits per heavy atom. The third kappa shape index (κ3) is 1.34. The molecule has 2 heteroatoms. The van der Waals surface area contributed by atoms with Crippen LogP contribution in [0.25, 0.3) is 0 Å². The van der Waals surface area contributed by atoms with Crippen molar-refractivity contribution in [3.05, 3.63) is 28.2 Å². The second kappa shape index (κ2) is 2.78. The topological polar surface area (TPSA) is 20.2 Å². The predicted octanol–water partition coefficient (Wildman–Crippen LogP) is 2.82. The van der Waals surface area contributed by atoms with Gasteiger partial charge < -0.3 is 5.11 Å². The van der Waals surface area contributed by atoms with E-state index in [1.807, 2.05) is 6.07 Å². The van der Waals surface area contributed by atoms with Crippen LogP contribution in [0.4, 0.5) is 0 Å². The van der Waals surface area contributed by atoms with Crippen molar-refractivity contribution in [2.75, 3.05) is 0 Å². The fourth-order valence-electron chi connectivity index (χ4n) is 1.50. The van der Waals surface area contributed by atoms with Gasteiger partial charge in [-0.15, -0.1) is 6.42 Å². The third-order valence-corrected chi connectivity index (χ3v) is 3.18. The molecular weight excluding hydrogens is 228 g/mol. The summed E-state index contributed by atoms with van der Waals surface area (Å²) in [5, 5.41) is 9.33. The van der Waals surface area contributed by atoms with Crippen molar-refractivity contribution in [1.82, 2.24) is 0 Å². The smallest absolute Gasteiger partial charge is 0.115 e. The molecule has 2 rings (SSSR count). The van der Waals surface area contributed by atoms with Crippen molar-refractivity contribution < 1.29 is 5.11 Å². The Labute approximate surface area is 85.9 Å². The van der Waals surface area contributed by atoms with Crippen LogP contribution in [0.1, 0.15) is 18.4 Å². The molecular formula is C11H9BrO. The lowest BCUT2D eigenvalue weighted by molar-refractivity contribution is 0.474. The Hall–Kier alpha value is -0.940. The van der Waals surface area contributed by atoms with Crippen molar-refractivity contribution in [2.45, 2.75) is 18.3 Å². The van der Waals surface area contributed by atoms with Gasteiger partial charge >= 0.3 is 0 Å². The van der Waals surface area contributed by atoms with Crippen molar-refractivity contribution in [3.63, 3.8) is 0 Å². The van der Waals surface area contributed by atoms with Gasteiger partial charge in [0.05, 0.1) is 5.41 Å². The maximum atomic E-state index is 9.33. The fraction of sp³-hybridized carbons (Fsp3) is 0.273. The lowest BCUT2D eigenvalue weighted by Gasteiger charge is -2.10. The predicted molar refractivity (Wildman–Crippen MR) is 55.6 cm³/mol. The van der Waals surface area contributed by atoms with Gasteiger partial charge in [-0.25, -0.2) is 0 Å². The van der Waals surface area contributed by atoms with Crippen LogP contribution in [0.3, 0.4) is 0 Å². The SMILES string of the molecule is C#CC1(c2cc(O)ccc2Br)CC1. The maximum absolute atomic E-state index is 9.33. The zero-order chi connectivity index (χ0) is 9.47. The molecule has 0 radical (unpaired) electrons. The third-order valence-electron chi connectivity index (χ3n) is 2.49. The second-order valence-electron chi connectivity index (χ2n) is 3.39. The van der Waals surface area contributed by atoms with Crippen molar-refractivity contribution in [2.24, 2.45) is 0 Å². The Morgan fingerprint density at radius 3 is 2.69 bits per heavy atom. The number of terminal acetylenes is 1. The largest absolute Gasteiger partial charge is 0.508 e. The number of hydrogen-bond acceptors (Lipinski definition) is 1. The summed E-state index contributed by atoms with van der Waals surface area (Å²) in [5.74, 6) is 3.07. The first kappa shape index (κ1) is 8.65. The van der Waals surface area contributed by atoms with Crippen LogP contribution in [-0.2, 0) is 5.41 Å². The molecule has 66 valence electrons. The molecule has 1 aliphatic rings. The molecule has 0 heterocycles. The number of aromatic hydroxyl groups is 1. The van der Waals surface area contributed by atoms with Gasteiger partial charge in [-0.3, -0.25) is 0 Å². The highest BCUT2D eigenvalue weighted by atomic mass is 79.9. The van der Waals surface area contributed by atoms with Crippen molar-refractivity contribution >= 4 is 15.9 Å². The molecule has 1 fully saturated rings. The Morgan fingerprint density at radius 1 is 1.46 bits per heavy atom. The molecule has 0 spiro atoms. The molecule has 0 unspecified atom stereocenters. The van der Waals surface area contributed by atoms with Crippen LogP contribution in [0, 0.1) is 12.3 Å². The average Bonchev–Trinajstić information content (AvgIpc) is 2.90. The molecule has 1 aliphatic carbocycles. The maximum Gasteiger partial charge on any atom is 0.115 e. The van der Waals surface area contributed by atoms with E-state index in [-0.39, 0.29) is 11.2 Å². The highest BCUT2D eigenvalue weighted by Gasteiger charge is 2.43. The van der Waals surface area contributed by atoms with Crippen LogP contribution in [0.5, 0.6) is 5.75 Å². The number of benzene rings is 1. The summed E-state index contributed by atoms with van der Waals surface area (Å²) < 4.78 is 0.987. The summed E-state index contributed by atoms with van der Waals surface area (Å²) in [6.07, 6.45) is 7.51. The van der Waals surface area contributed by atoms with E-state index in [1.54, 1.807) is 12.1 Å². The standard InChI is InChI=1S/C11H9BrO/c1-2-11(5-6-11)9-7-8(13)3-4-10(9)12/h1,3-4,7,13H,5-6H2. The van der Waals surface area contributed by atoms with Gasteiger partial charge in [0.2, 0.25) is 0 Å². The molecule has 0 bridgehead atoms. The monoisotopic (exact) mass is 236 g/mol. The number of hydrogen-bond donors (Lipinski definition) is 1. The highest BCUT2D eigenvalue weighted by molar-refractivity contribution is 9.10. The Balaban J connectivity index is 2.52. The summed E-state index contributed by atoms with van der Waals surface area (Å²) in [6.45, 7) is 0. The molecule has 1 N–H and O–H groups in total. The minimum absolute atomic E-state index is 0.114. The molecule has 1 aromatic rings. The van der Waals surface area contributed by atoms with Crippen LogP contribution in [0.2, 0.25) is 0 Å². The summed E-state index contributed by atoms with van der Waals surface area (Å²) in [5.41, 5.74) is 0.924. The minimum Gasteiger partial charge on any atom is -0.508 e. The normalized spacial score (nSPS) is 17.8. The quantitative estimate of drug-likeness (QED) is 0.744. The molecule has 1 saturated carbocycles. The average molecular weight is 237 g/mol. The van der Waals surface area contributed by atoms with Crippen molar-refractivity contribution in [1.29, 1.82) is 0 Å². The van der Waals surface area contributed by atoms with E-state index in [4.69, 9.17) is 6.42 Å². The van der Waals surface area contributed by atoms with Gasteiger partial charge in [-0.2, -0.15) is 0 Å². The zero-order valence-corrected chi connectivity index (χ0v) is 8.63. The number of phenols is 1. The first-order valence-electron chi connectivity index (χ1n) is 4.15. The van der Waals surface area contributed by atoms with E-state index in [0.29, 0.717) is 0 Å². The molecule has 0 amide bonds. The first-order chi connectivity index (χ1) is 6.18. The van der Waals surface area contributed by atoms with E-state index in [2.05, 4.69) is 21.9 Å². The van der Waals surface area contributed by atoms with Gasteiger partial charge in [-0.1, -0.05) is 21.9 Å². The van der Waals surface area contributed by atoms with E-state index in [0.717, 1.165) is 22.9 Å². The minimum atomic E-state index is -0.114.